The lowest BCUT2D eigenvalue weighted by Gasteiger charge is -2.11. The molecule has 0 aliphatic rings. The average Bonchev–Trinajstić information content (AvgIpc) is 2.55. The number of methoxy groups -OCH3 is 1. The van der Waals surface area contributed by atoms with Crippen LogP contribution in [-0.4, -0.2) is 22.2 Å². The summed E-state index contributed by atoms with van der Waals surface area (Å²) in [7, 11) is 1.56. The van der Waals surface area contributed by atoms with Crippen LogP contribution in [0.15, 0.2) is 59.5 Å². The largest absolute Gasteiger partial charge is 0.507 e. The zero-order chi connectivity index (χ0) is 15.5. The molecule has 0 radical (unpaired) electrons. The van der Waals surface area contributed by atoms with E-state index in [1.165, 1.54) is 6.33 Å². The molecular formula is C17H13BrN2O2. The summed E-state index contributed by atoms with van der Waals surface area (Å²) in [6.07, 6.45) is 3.22. The third-order valence-electron chi connectivity index (χ3n) is 3.33. The molecule has 1 N–H and O–H groups in total. The second kappa shape index (κ2) is 6.15. The van der Waals surface area contributed by atoms with Gasteiger partial charge in [-0.3, -0.25) is 0 Å². The maximum Gasteiger partial charge on any atom is 0.128 e. The van der Waals surface area contributed by atoms with Crippen LogP contribution in [0.1, 0.15) is 0 Å². The summed E-state index contributed by atoms with van der Waals surface area (Å²) in [6.45, 7) is 0. The van der Waals surface area contributed by atoms with Gasteiger partial charge in [0.2, 0.25) is 0 Å². The van der Waals surface area contributed by atoms with Crippen LogP contribution in [0.25, 0.3) is 22.4 Å². The lowest BCUT2D eigenvalue weighted by Crippen LogP contribution is -1.92. The van der Waals surface area contributed by atoms with Crippen molar-refractivity contribution in [3.8, 4) is 33.9 Å². The second-order valence-corrected chi connectivity index (χ2v) is 5.59. The highest BCUT2D eigenvalue weighted by Gasteiger charge is 2.13. The first-order valence-corrected chi connectivity index (χ1v) is 7.41. The van der Waals surface area contributed by atoms with Crippen molar-refractivity contribution in [2.24, 2.45) is 0 Å². The van der Waals surface area contributed by atoms with Crippen molar-refractivity contribution in [3.63, 3.8) is 0 Å². The van der Waals surface area contributed by atoms with Crippen molar-refractivity contribution in [2.75, 3.05) is 7.11 Å². The van der Waals surface area contributed by atoms with E-state index in [0.29, 0.717) is 17.0 Å². The van der Waals surface area contributed by atoms with Crippen molar-refractivity contribution in [1.29, 1.82) is 0 Å². The molecule has 2 aromatic carbocycles. The van der Waals surface area contributed by atoms with E-state index >= 15 is 0 Å². The first-order valence-electron chi connectivity index (χ1n) is 6.62. The molecule has 22 heavy (non-hydrogen) atoms. The van der Waals surface area contributed by atoms with Crippen LogP contribution in [0.2, 0.25) is 0 Å². The molecule has 0 saturated heterocycles. The molecular weight excluding hydrogens is 344 g/mol. The van der Waals surface area contributed by atoms with Crippen molar-refractivity contribution >= 4 is 15.9 Å². The molecule has 5 heteroatoms. The van der Waals surface area contributed by atoms with Crippen molar-refractivity contribution in [3.05, 3.63) is 59.5 Å². The summed E-state index contributed by atoms with van der Waals surface area (Å²) in [5.41, 5.74) is 3.16. The molecule has 0 atom stereocenters. The van der Waals surface area contributed by atoms with E-state index in [1.807, 2.05) is 24.3 Å². The minimum atomic E-state index is 0.122. The Balaban J connectivity index is 2.14. The number of aromatic nitrogens is 2. The summed E-state index contributed by atoms with van der Waals surface area (Å²) >= 11 is 3.42. The molecule has 1 heterocycles. The smallest absolute Gasteiger partial charge is 0.128 e. The molecule has 1 aromatic heterocycles. The molecule has 0 unspecified atom stereocenters. The van der Waals surface area contributed by atoms with Crippen LogP contribution in [0.5, 0.6) is 11.5 Å². The maximum absolute atomic E-state index is 10.2. The first kappa shape index (κ1) is 14.5. The fourth-order valence-corrected chi connectivity index (χ4v) is 2.49. The molecule has 0 saturated carbocycles. The Kier molecular flexibility index (Phi) is 4.06. The van der Waals surface area contributed by atoms with Crippen molar-refractivity contribution < 1.29 is 9.84 Å². The number of aromatic hydroxyl groups is 1. The molecule has 0 aliphatic heterocycles. The predicted molar refractivity (Wildman–Crippen MR) is 88.8 cm³/mol. The van der Waals surface area contributed by atoms with Crippen LogP contribution in [0.3, 0.4) is 0 Å². The summed E-state index contributed by atoms with van der Waals surface area (Å²) in [5, 5.41) is 10.2. The number of hydrogen-bond acceptors (Lipinski definition) is 4. The van der Waals surface area contributed by atoms with Crippen molar-refractivity contribution in [2.45, 2.75) is 0 Å². The number of halogens is 1. The van der Waals surface area contributed by atoms with Crippen molar-refractivity contribution in [1.82, 2.24) is 9.97 Å². The van der Waals surface area contributed by atoms with E-state index < -0.39 is 0 Å². The highest BCUT2D eigenvalue weighted by Crippen LogP contribution is 2.36. The van der Waals surface area contributed by atoms with Gasteiger partial charge in [-0.1, -0.05) is 28.1 Å². The lowest BCUT2D eigenvalue weighted by molar-refractivity contribution is 0.408. The molecule has 3 aromatic rings. The van der Waals surface area contributed by atoms with Gasteiger partial charge in [0.25, 0.3) is 0 Å². The fraction of sp³-hybridized carbons (Fsp3) is 0.0588. The Morgan fingerprint density at radius 3 is 2.50 bits per heavy atom. The fourth-order valence-electron chi connectivity index (χ4n) is 2.22. The molecule has 0 fully saturated rings. The number of nitrogens with zero attached hydrogens (tertiary/aromatic N) is 2. The molecule has 4 nitrogen and oxygen atoms in total. The minimum absolute atomic E-state index is 0.122. The predicted octanol–water partition coefficient (Wildman–Crippen LogP) is 4.29. The number of rotatable bonds is 3. The van der Waals surface area contributed by atoms with Crippen LogP contribution >= 0.6 is 15.9 Å². The average molecular weight is 357 g/mol. The van der Waals surface area contributed by atoms with E-state index in [0.717, 1.165) is 15.6 Å². The van der Waals surface area contributed by atoms with Gasteiger partial charge in [0.05, 0.1) is 12.8 Å². The summed E-state index contributed by atoms with van der Waals surface area (Å²) < 4.78 is 6.12. The van der Waals surface area contributed by atoms with Gasteiger partial charge in [0, 0.05) is 27.9 Å². The van der Waals surface area contributed by atoms with Gasteiger partial charge in [0.15, 0.2) is 0 Å². The molecule has 110 valence electrons. The van der Waals surface area contributed by atoms with Gasteiger partial charge in [-0.15, -0.1) is 0 Å². The molecule has 0 aliphatic carbocycles. The number of phenolic OH excluding ortho intramolecular Hbond substituents is 1. The second-order valence-electron chi connectivity index (χ2n) is 4.67. The zero-order valence-corrected chi connectivity index (χ0v) is 13.4. The zero-order valence-electron chi connectivity index (χ0n) is 11.8. The van der Waals surface area contributed by atoms with E-state index in [2.05, 4.69) is 25.9 Å². The van der Waals surface area contributed by atoms with Gasteiger partial charge >= 0.3 is 0 Å². The first-order chi connectivity index (χ1) is 10.7. The van der Waals surface area contributed by atoms with Gasteiger partial charge in [-0.05, 0) is 29.8 Å². The molecule has 3 rings (SSSR count). The Bertz CT molecular complexity index is 804. The van der Waals surface area contributed by atoms with Gasteiger partial charge in [0.1, 0.15) is 17.8 Å². The normalized spacial score (nSPS) is 10.5. The highest BCUT2D eigenvalue weighted by atomic mass is 79.9. The Labute approximate surface area is 136 Å². The molecule has 0 amide bonds. The van der Waals surface area contributed by atoms with E-state index in [1.54, 1.807) is 31.5 Å². The topological polar surface area (TPSA) is 55.2 Å². The molecule has 0 spiro atoms. The van der Waals surface area contributed by atoms with E-state index in [9.17, 15) is 5.11 Å². The number of hydrogen-bond donors (Lipinski definition) is 1. The number of benzene rings is 2. The minimum Gasteiger partial charge on any atom is -0.507 e. The third-order valence-corrected chi connectivity index (χ3v) is 3.86. The van der Waals surface area contributed by atoms with E-state index in [-0.39, 0.29) is 5.75 Å². The van der Waals surface area contributed by atoms with E-state index in [4.69, 9.17) is 4.74 Å². The number of ether oxygens (including phenoxy) is 1. The van der Waals surface area contributed by atoms with Crippen LogP contribution in [0, 0.1) is 0 Å². The maximum atomic E-state index is 10.2. The van der Waals surface area contributed by atoms with Crippen LogP contribution in [-0.2, 0) is 0 Å². The van der Waals surface area contributed by atoms with Gasteiger partial charge in [-0.25, -0.2) is 9.97 Å². The van der Waals surface area contributed by atoms with Crippen LogP contribution in [0.4, 0.5) is 0 Å². The quantitative estimate of drug-likeness (QED) is 0.760. The Morgan fingerprint density at radius 2 is 1.82 bits per heavy atom. The lowest BCUT2D eigenvalue weighted by atomic mass is 10.0. The summed E-state index contributed by atoms with van der Waals surface area (Å²) in [5.74, 6) is 0.719. The number of phenols is 1. The van der Waals surface area contributed by atoms with Crippen LogP contribution < -0.4 is 4.74 Å². The van der Waals surface area contributed by atoms with Gasteiger partial charge < -0.3 is 9.84 Å². The standard InChI is InChI=1S/C17H13BrN2O2/c1-22-13-6-7-14(16(21)8-13)17-15(9-19-10-20-17)11-2-4-12(18)5-3-11/h2-10,21H,1H3. The monoisotopic (exact) mass is 356 g/mol. The highest BCUT2D eigenvalue weighted by molar-refractivity contribution is 9.10. The summed E-state index contributed by atoms with van der Waals surface area (Å²) in [6, 6.07) is 13.0. The third kappa shape index (κ3) is 2.80. The van der Waals surface area contributed by atoms with Gasteiger partial charge in [-0.2, -0.15) is 0 Å². The SMILES string of the molecule is COc1ccc(-c2ncncc2-c2ccc(Br)cc2)c(O)c1. The summed E-state index contributed by atoms with van der Waals surface area (Å²) in [4.78, 5) is 8.44. The molecule has 0 bridgehead atoms. The Morgan fingerprint density at radius 1 is 1.05 bits per heavy atom. The Hall–Kier alpha value is -2.40.